The molecule has 0 unspecified atom stereocenters. The summed E-state index contributed by atoms with van der Waals surface area (Å²) in [5.74, 6) is 0.825. The lowest BCUT2D eigenvalue weighted by atomic mass is 10.4. The van der Waals surface area contributed by atoms with E-state index in [1.165, 1.54) is 0 Å². The molecule has 0 aliphatic rings. The van der Waals surface area contributed by atoms with Crippen molar-refractivity contribution in [2.75, 3.05) is 11.9 Å². The van der Waals surface area contributed by atoms with Gasteiger partial charge in [-0.2, -0.15) is 0 Å². The zero-order chi connectivity index (χ0) is 10.5. The standard InChI is InChI=1S/C9H14N6/c1-8-7-11-9(13-8)10-3-2-5-15-6-4-12-14-15/h4,6-7H,2-3,5H2,1H3,(H2,10,11,13). The topological polar surface area (TPSA) is 71.4 Å². The lowest BCUT2D eigenvalue weighted by Crippen LogP contribution is -2.08. The molecular formula is C9H14N6. The highest BCUT2D eigenvalue weighted by molar-refractivity contribution is 5.25. The molecule has 0 atom stereocenters. The van der Waals surface area contributed by atoms with Crippen LogP contribution in [-0.4, -0.2) is 31.5 Å². The van der Waals surface area contributed by atoms with Crippen molar-refractivity contribution in [3.05, 3.63) is 24.3 Å². The van der Waals surface area contributed by atoms with Gasteiger partial charge in [0, 0.05) is 31.2 Å². The van der Waals surface area contributed by atoms with Gasteiger partial charge in [-0.1, -0.05) is 5.21 Å². The average molecular weight is 206 g/mol. The number of nitrogens with zero attached hydrogens (tertiary/aromatic N) is 4. The molecule has 0 amide bonds. The first-order valence-corrected chi connectivity index (χ1v) is 4.94. The summed E-state index contributed by atoms with van der Waals surface area (Å²) in [4.78, 5) is 7.26. The van der Waals surface area contributed by atoms with Crippen LogP contribution < -0.4 is 5.32 Å². The average Bonchev–Trinajstić information content (AvgIpc) is 2.84. The highest BCUT2D eigenvalue weighted by Crippen LogP contribution is 2.00. The Morgan fingerprint density at radius 1 is 1.53 bits per heavy atom. The van der Waals surface area contributed by atoms with Crippen LogP contribution in [0.2, 0.25) is 0 Å². The van der Waals surface area contributed by atoms with E-state index < -0.39 is 0 Å². The SMILES string of the molecule is Cc1cnc(NCCCn2ccnn2)[nH]1. The molecule has 6 nitrogen and oxygen atoms in total. The predicted molar refractivity (Wildman–Crippen MR) is 56.5 cm³/mol. The van der Waals surface area contributed by atoms with Crippen molar-refractivity contribution in [1.29, 1.82) is 0 Å². The van der Waals surface area contributed by atoms with Crippen LogP contribution in [0.3, 0.4) is 0 Å². The van der Waals surface area contributed by atoms with Gasteiger partial charge in [0.1, 0.15) is 0 Å². The summed E-state index contributed by atoms with van der Waals surface area (Å²) in [7, 11) is 0. The molecule has 0 saturated carbocycles. The van der Waals surface area contributed by atoms with Crippen molar-refractivity contribution in [1.82, 2.24) is 25.0 Å². The molecule has 2 rings (SSSR count). The first-order valence-electron chi connectivity index (χ1n) is 4.94. The van der Waals surface area contributed by atoms with Crippen LogP contribution in [0.25, 0.3) is 0 Å². The Balaban J connectivity index is 1.67. The van der Waals surface area contributed by atoms with E-state index in [9.17, 15) is 0 Å². The second-order valence-corrected chi connectivity index (χ2v) is 3.36. The molecule has 0 fully saturated rings. The number of anilines is 1. The van der Waals surface area contributed by atoms with Gasteiger partial charge >= 0.3 is 0 Å². The van der Waals surface area contributed by atoms with E-state index in [2.05, 4.69) is 25.6 Å². The van der Waals surface area contributed by atoms with Crippen LogP contribution in [0.5, 0.6) is 0 Å². The number of aryl methyl sites for hydroxylation is 2. The lowest BCUT2D eigenvalue weighted by Gasteiger charge is -2.02. The molecule has 0 aliphatic carbocycles. The van der Waals surface area contributed by atoms with Gasteiger partial charge in [0.25, 0.3) is 0 Å². The number of nitrogens with one attached hydrogen (secondary N) is 2. The number of rotatable bonds is 5. The second kappa shape index (κ2) is 4.59. The summed E-state index contributed by atoms with van der Waals surface area (Å²) in [5.41, 5.74) is 1.06. The van der Waals surface area contributed by atoms with Gasteiger partial charge in [0.2, 0.25) is 0 Å². The van der Waals surface area contributed by atoms with Gasteiger partial charge in [-0.15, -0.1) is 5.10 Å². The van der Waals surface area contributed by atoms with Crippen molar-refractivity contribution in [3.8, 4) is 0 Å². The molecule has 0 aliphatic heterocycles. The normalized spacial score (nSPS) is 10.5. The van der Waals surface area contributed by atoms with Gasteiger partial charge in [-0.25, -0.2) is 4.98 Å². The second-order valence-electron chi connectivity index (χ2n) is 3.36. The largest absolute Gasteiger partial charge is 0.356 e. The highest BCUT2D eigenvalue weighted by atomic mass is 15.4. The smallest absolute Gasteiger partial charge is 0.200 e. The molecular weight excluding hydrogens is 192 g/mol. The van der Waals surface area contributed by atoms with E-state index in [1.54, 1.807) is 12.4 Å². The molecule has 6 heteroatoms. The molecule has 0 bridgehead atoms. The third kappa shape index (κ3) is 2.80. The fourth-order valence-corrected chi connectivity index (χ4v) is 1.30. The Morgan fingerprint density at radius 3 is 3.13 bits per heavy atom. The molecule has 80 valence electrons. The Morgan fingerprint density at radius 2 is 2.47 bits per heavy atom. The van der Waals surface area contributed by atoms with Crippen molar-refractivity contribution >= 4 is 5.95 Å². The third-order valence-electron chi connectivity index (χ3n) is 2.03. The van der Waals surface area contributed by atoms with Gasteiger partial charge in [0.15, 0.2) is 5.95 Å². The Labute approximate surface area is 87.7 Å². The van der Waals surface area contributed by atoms with Crippen LogP contribution in [0.15, 0.2) is 18.6 Å². The summed E-state index contributed by atoms with van der Waals surface area (Å²) >= 11 is 0. The van der Waals surface area contributed by atoms with E-state index in [-0.39, 0.29) is 0 Å². The van der Waals surface area contributed by atoms with Crippen molar-refractivity contribution in [3.63, 3.8) is 0 Å². The van der Waals surface area contributed by atoms with Gasteiger partial charge < -0.3 is 10.3 Å². The fourth-order valence-electron chi connectivity index (χ4n) is 1.30. The maximum atomic E-state index is 4.15. The molecule has 0 radical (unpaired) electrons. The summed E-state index contributed by atoms with van der Waals surface area (Å²) in [5, 5.41) is 10.8. The molecule has 2 aromatic rings. The van der Waals surface area contributed by atoms with E-state index in [4.69, 9.17) is 0 Å². The molecule has 0 aromatic carbocycles. The predicted octanol–water partition coefficient (Wildman–Crippen LogP) is 0.812. The fraction of sp³-hybridized carbons (Fsp3) is 0.444. The summed E-state index contributed by atoms with van der Waals surface area (Å²) < 4.78 is 1.81. The molecule has 2 N–H and O–H groups in total. The van der Waals surface area contributed by atoms with E-state index in [0.29, 0.717) is 0 Å². The van der Waals surface area contributed by atoms with E-state index >= 15 is 0 Å². The molecule has 0 spiro atoms. The zero-order valence-corrected chi connectivity index (χ0v) is 8.64. The number of hydrogen-bond acceptors (Lipinski definition) is 4. The Hall–Kier alpha value is -1.85. The monoisotopic (exact) mass is 206 g/mol. The summed E-state index contributed by atoms with van der Waals surface area (Å²) in [6, 6.07) is 0. The highest BCUT2D eigenvalue weighted by Gasteiger charge is 1.96. The van der Waals surface area contributed by atoms with Crippen LogP contribution in [0, 0.1) is 6.92 Å². The number of aromatic amines is 1. The van der Waals surface area contributed by atoms with Crippen LogP contribution in [-0.2, 0) is 6.54 Å². The van der Waals surface area contributed by atoms with Gasteiger partial charge in [0.05, 0.1) is 6.20 Å². The zero-order valence-electron chi connectivity index (χ0n) is 8.64. The molecule has 15 heavy (non-hydrogen) atoms. The number of hydrogen-bond donors (Lipinski definition) is 2. The number of aromatic nitrogens is 5. The Bertz CT molecular complexity index is 390. The minimum Gasteiger partial charge on any atom is -0.356 e. The molecule has 0 saturated heterocycles. The molecule has 2 aromatic heterocycles. The quantitative estimate of drug-likeness (QED) is 0.710. The van der Waals surface area contributed by atoms with Gasteiger partial charge in [-0.05, 0) is 13.3 Å². The number of H-pyrrole nitrogens is 1. The Kier molecular flexibility index (Phi) is 2.96. The maximum Gasteiger partial charge on any atom is 0.200 e. The summed E-state index contributed by atoms with van der Waals surface area (Å²) in [6.07, 6.45) is 6.34. The minimum absolute atomic E-state index is 0.825. The first kappa shape index (κ1) is 9.70. The van der Waals surface area contributed by atoms with E-state index in [1.807, 2.05) is 17.8 Å². The van der Waals surface area contributed by atoms with Crippen molar-refractivity contribution in [2.45, 2.75) is 19.9 Å². The molecule has 2 heterocycles. The van der Waals surface area contributed by atoms with Crippen LogP contribution in [0.1, 0.15) is 12.1 Å². The van der Waals surface area contributed by atoms with Crippen LogP contribution in [0.4, 0.5) is 5.95 Å². The van der Waals surface area contributed by atoms with Crippen molar-refractivity contribution < 1.29 is 0 Å². The van der Waals surface area contributed by atoms with Crippen LogP contribution >= 0.6 is 0 Å². The maximum absolute atomic E-state index is 4.15. The van der Waals surface area contributed by atoms with E-state index in [0.717, 1.165) is 31.2 Å². The summed E-state index contributed by atoms with van der Waals surface area (Å²) in [6.45, 7) is 3.72. The van der Waals surface area contributed by atoms with Crippen molar-refractivity contribution in [2.24, 2.45) is 0 Å². The first-order chi connectivity index (χ1) is 7.34. The van der Waals surface area contributed by atoms with Gasteiger partial charge in [-0.3, -0.25) is 4.68 Å². The third-order valence-corrected chi connectivity index (χ3v) is 2.03. The lowest BCUT2D eigenvalue weighted by molar-refractivity contribution is 0.569. The minimum atomic E-state index is 0.825. The number of imidazole rings is 1.